The lowest BCUT2D eigenvalue weighted by atomic mass is 10.4. The predicted octanol–water partition coefficient (Wildman–Crippen LogP) is 3.06. The van der Waals surface area contributed by atoms with Crippen LogP contribution < -0.4 is 0 Å². The van der Waals surface area contributed by atoms with Crippen LogP contribution >= 0.6 is 45.2 Å². The summed E-state index contributed by atoms with van der Waals surface area (Å²) in [7, 11) is 0. The zero-order valence-corrected chi connectivity index (χ0v) is 8.16. The number of halogens is 3. The molecule has 0 aromatic rings. The highest BCUT2D eigenvalue weighted by molar-refractivity contribution is 14.2. The van der Waals surface area contributed by atoms with Crippen molar-refractivity contribution in [3.05, 3.63) is 12.2 Å². The number of hydrogen-bond acceptors (Lipinski definition) is 0. The lowest BCUT2D eigenvalue weighted by molar-refractivity contribution is 0.504. The summed E-state index contributed by atoms with van der Waals surface area (Å²) in [6.07, 6.45) is 0. The standard InChI is InChI=1S/C4H5FI2/c1-3(2)4(5,6)7/h1H2,2H3. The zero-order valence-electron chi connectivity index (χ0n) is 3.84. The van der Waals surface area contributed by atoms with Crippen molar-refractivity contribution in [1.82, 2.24) is 0 Å². The normalized spacial score (nSPS) is 11.4. The van der Waals surface area contributed by atoms with Crippen LogP contribution in [0.3, 0.4) is 0 Å². The van der Waals surface area contributed by atoms with Crippen molar-refractivity contribution in [3.8, 4) is 0 Å². The molecule has 0 aliphatic carbocycles. The van der Waals surface area contributed by atoms with E-state index in [0.29, 0.717) is 5.57 Å². The number of alkyl halides is 3. The van der Waals surface area contributed by atoms with E-state index in [0.717, 1.165) is 0 Å². The van der Waals surface area contributed by atoms with Crippen LogP contribution in [0, 0.1) is 0 Å². The summed E-state index contributed by atoms with van der Waals surface area (Å²) in [5, 5.41) is 0. The Bertz CT molecular complexity index is 82.2. The van der Waals surface area contributed by atoms with Crippen LogP contribution in [-0.4, -0.2) is 1.68 Å². The lowest BCUT2D eigenvalue weighted by Gasteiger charge is -2.06. The van der Waals surface area contributed by atoms with Crippen LogP contribution in [0.1, 0.15) is 6.92 Å². The molecule has 0 rings (SSSR count). The van der Waals surface area contributed by atoms with Crippen LogP contribution in [0.5, 0.6) is 0 Å². The summed E-state index contributed by atoms with van der Waals surface area (Å²) >= 11 is 3.37. The first-order chi connectivity index (χ1) is 2.94. The van der Waals surface area contributed by atoms with E-state index >= 15 is 0 Å². The monoisotopic (exact) mass is 326 g/mol. The Morgan fingerprint density at radius 2 is 1.86 bits per heavy atom. The van der Waals surface area contributed by atoms with Gasteiger partial charge in [-0.15, -0.1) is 0 Å². The van der Waals surface area contributed by atoms with Crippen LogP contribution in [-0.2, 0) is 0 Å². The number of hydrogen-bond donors (Lipinski definition) is 0. The predicted molar refractivity (Wildman–Crippen MR) is 46.7 cm³/mol. The minimum atomic E-state index is -1.25. The zero-order chi connectivity index (χ0) is 6.08. The van der Waals surface area contributed by atoms with Gasteiger partial charge < -0.3 is 0 Å². The second kappa shape index (κ2) is 2.61. The molecular weight excluding hydrogens is 321 g/mol. The summed E-state index contributed by atoms with van der Waals surface area (Å²) in [6, 6.07) is 0. The molecule has 0 unspecified atom stereocenters. The molecule has 0 nitrogen and oxygen atoms in total. The topological polar surface area (TPSA) is 0 Å². The fourth-order valence-corrected chi connectivity index (χ4v) is 0. The molecule has 42 valence electrons. The second-order valence-electron chi connectivity index (χ2n) is 1.28. The molecule has 0 spiro atoms. The fourth-order valence-electron chi connectivity index (χ4n) is 0. The third-order valence-corrected chi connectivity index (χ3v) is 2.33. The van der Waals surface area contributed by atoms with Crippen LogP contribution in [0.2, 0.25) is 0 Å². The van der Waals surface area contributed by atoms with Crippen molar-refractivity contribution >= 4 is 45.2 Å². The first kappa shape index (κ1) is 8.13. The second-order valence-corrected chi connectivity index (χ2v) is 6.32. The Morgan fingerprint density at radius 3 is 1.86 bits per heavy atom. The maximum Gasteiger partial charge on any atom is 0.231 e. The van der Waals surface area contributed by atoms with Gasteiger partial charge in [0, 0.05) is 0 Å². The SMILES string of the molecule is C=C(C)C(F)(I)I. The number of rotatable bonds is 1. The average molecular weight is 326 g/mol. The molecule has 0 bridgehead atoms. The van der Waals surface area contributed by atoms with Gasteiger partial charge in [0.05, 0.1) is 0 Å². The highest BCUT2D eigenvalue weighted by Crippen LogP contribution is 2.35. The van der Waals surface area contributed by atoms with E-state index in [2.05, 4.69) is 6.58 Å². The summed E-state index contributed by atoms with van der Waals surface area (Å²) in [4.78, 5) is 0. The van der Waals surface area contributed by atoms with E-state index in [1.54, 1.807) is 52.1 Å². The summed E-state index contributed by atoms with van der Waals surface area (Å²) < 4.78 is 11.1. The minimum absolute atomic E-state index is 0.550. The van der Waals surface area contributed by atoms with Crippen molar-refractivity contribution in [2.24, 2.45) is 0 Å². The van der Waals surface area contributed by atoms with Crippen LogP contribution in [0.4, 0.5) is 4.39 Å². The molecule has 0 amide bonds. The molecule has 0 aliphatic rings. The molecule has 0 fully saturated rings. The van der Waals surface area contributed by atoms with Gasteiger partial charge in [-0.1, -0.05) is 6.58 Å². The van der Waals surface area contributed by atoms with E-state index in [9.17, 15) is 4.39 Å². The van der Waals surface area contributed by atoms with Gasteiger partial charge in [-0.2, -0.15) is 0 Å². The van der Waals surface area contributed by atoms with Gasteiger partial charge in [0.1, 0.15) is 0 Å². The van der Waals surface area contributed by atoms with Gasteiger partial charge in [-0.05, 0) is 57.7 Å². The molecule has 0 aromatic heterocycles. The minimum Gasteiger partial charge on any atom is -0.216 e. The molecule has 0 saturated heterocycles. The van der Waals surface area contributed by atoms with Crippen molar-refractivity contribution < 1.29 is 4.39 Å². The molecule has 0 radical (unpaired) electrons. The summed E-state index contributed by atoms with van der Waals surface area (Å²) in [6.45, 7) is 5.10. The molecule has 0 aliphatic heterocycles. The molecule has 0 aromatic carbocycles. The maximum atomic E-state index is 12.4. The lowest BCUT2D eigenvalue weighted by Crippen LogP contribution is -2.00. The summed E-state index contributed by atoms with van der Waals surface area (Å²) in [5.74, 6) is 0. The van der Waals surface area contributed by atoms with Crippen LogP contribution in [0.25, 0.3) is 0 Å². The molecule has 0 saturated carbocycles. The van der Waals surface area contributed by atoms with Gasteiger partial charge in [0.15, 0.2) is 0 Å². The van der Waals surface area contributed by atoms with E-state index in [1.807, 2.05) is 0 Å². The van der Waals surface area contributed by atoms with E-state index in [4.69, 9.17) is 0 Å². The highest BCUT2D eigenvalue weighted by Gasteiger charge is 2.20. The van der Waals surface area contributed by atoms with Gasteiger partial charge >= 0.3 is 0 Å². The maximum absolute atomic E-state index is 12.4. The Balaban J connectivity index is 3.79. The molecule has 0 atom stereocenters. The first-order valence-corrected chi connectivity index (χ1v) is 3.83. The third kappa shape index (κ3) is 3.69. The quantitative estimate of drug-likeness (QED) is 0.395. The Hall–Kier alpha value is 1.13. The van der Waals surface area contributed by atoms with Gasteiger partial charge in [-0.3, -0.25) is 0 Å². The largest absolute Gasteiger partial charge is 0.231 e. The van der Waals surface area contributed by atoms with E-state index < -0.39 is 1.68 Å². The fraction of sp³-hybridized carbons (Fsp3) is 0.500. The number of allylic oxidation sites excluding steroid dienone is 1. The van der Waals surface area contributed by atoms with Gasteiger partial charge in [-0.25, -0.2) is 4.39 Å². The van der Waals surface area contributed by atoms with Gasteiger partial charge in [0.25, 0.3) is 0 Å². The Morgan fingerprint density at radius 1 is 1.71 bits per heavy atom. The average Bonchev–Trinajstić information content (AvgIpc) is 1.31. The molecule has 0 N–H and O–H groups in total. The van der Waals surface area contributed by atoms with Gasteiger partial charge in [0.2, 0.25) is 1.68 Å². The third-order valence-electron chi connectivity index (χ3n) is 0.484. The van der Waals surface area contributed by atoms with E-state index in [1.165, 1.54) is 0 Å². The molecular formula is C4H5FI2. The molecule has 3 heteroatoms. The van der Waals surface area contributed by atoms with Crippen LogP contribution in [0.15, 0.2) is 12.2 Å². The Kier molecular flexibility index (Phi) is 3.03. The first-order valence-electron chi connectivity index (χ1n) is 1.67. The van der Waals surface area contributed by atoms with E-state index in [-0.39, 0.29) is 0 Å². The smallest absolute Gasteiger partial charge is 0.216 e. The Labute approximate surface area is 69.8 Å². The molecule has 7 heavy (non-hydrogen) atoms. The van der Waals surface area contributed by atoms with Crippen molar-refractivity contribution in [1.29, 1.82) is 0 Å². The summed E-state index contributed by atoms with van der Waals surface area (Å²) in [5.41, 5.74) is 0.550. The van der Waals surface area contributed by atoms with Crippen molar-refractivity contribution in [2.45, 2.75) is 8.61 Å². The molecule has 0 heterocycles. The van der Waals surface area contributed by atoms with Crippen molar-refractivity contribution in [2.75, 3.05) is 0 Å². The van der Waals surface area contributed by atoms with Crippen molar-refractivity contribution in [3.63, 3.8) is 0 Å². The highest BCUT2D eigenvalue weighted by atomic mass is 127.